The number of nitro benzene ring substituents is 1. The molecule has 0 aliphatic heterocycles. The molecule has 0 saturated carbocycles. The second kappa shape index (κ2) is 7.89. The molecule has 134 valence electrons. The summed E-state index contributed by atoms with van der Waals surface area (Å²) in [6.07, 6.45) is 5.30. The molecule has 25 heavy (non-hydrogen) atoms. The van der Waals surface area contributed by atoms with E-state index in [0.717, 1.165) is 0 Å². The molecular weight excluding hydrogens is 322 g/mol. The van der Waals surface area contributed by atoms with Crippen molar-refractivity contribution in [2.24, 2.45) is 11.7 Å². The fourth-order valence-corrected chi connectivity index (χ4v) is 2.42. The average Bonchev–Trinajstić information content (AvgIpc) is 3.12. The average molecular weight is 345 g/mol. The Morgan fingerprint density at radius 2 is 2.16 bits per heavy atom. The van der Waals surface area contributed by atoms with Crippen LogP contribution in [0.3, 0.4) is 0 Å². The zero-order valence-electron chi connectivity index (χ0n) is 14.6. The van der Waals surface area contributed by atoms with Crippen molar-refractivity contribution in [3.63, 3.8) is 0 Å². The summed E-state index contributed by atoms with van der Waals surface area (Å²) < 4.78 is 1.54. The van der Waals surface area contributed by atoms with Gasteiger partial charge in [-0.3, -0.25) is 14.9 Å². The predicted octanol–water partition coefficient (Wildman–Crippen LogP) is 2.23. The Labute approximate surface area is 146 Å². The van der Waals surface area contributed by atoms with Crippen LogP contribution in [0.25, 0.3) is 5.69 Å². The molecule has 1 atom stereocenters. The maximum Gasteiger partial charge on any atom is 0.294 e. The minimum Gasteiger partial charge on any atom is -0.342 e. The lowest BCUT2D eigenvalue weighted by molar-refractivity contribution is -0.384. The van der Waals surface area contributed by atoms with Crippen molar-refractivity contribution >= 4 is 11.6 Å². The van der Waals surface area contributed by atoms with Gasteiger partial charge in [-0.15, -0.1) is 0 Å². The third-order valence-corrected chi connectivity index (χ3v) is 4.20. The maximum atomic E-state index is 12.5. The van der Waals surface area contributed by atoms with Crippen LogP contribution in [0, 0.1) is 16.0 Å². The largest absolute Gasteiger partial charge is 0.342 e. The van der Waals surface area contributed by atoms with Crippen LogP contribution in [0.15, 0.2) is 36.9 Å². The molecular formula is C17H23N5O3. The Kier molecular flexibility index (Phi) is 5.87. The van der Waals surface area contributed by atoms with Gasteiger partial charge in [-0.1, -0.05) is 13.8 Å². The normalized spacial score (nSPS) is 12.2. The van der Waals surface area contributed by atoms with Gasteiger partial charge in [0.15, 0.2) is 0 Å². The van der Waals surface area contributed by atoms with Gasteiger partial charge in [0.25, 0.3) is 11.6 Å². The first-order chi connectivity index (χ1) is 11.8. The van der Waals surface area contributed by atoms with Gasteiger partial charge in [-0.2, -0.15) is 0 Å². The SMILES string of the molecule is CC(C)C(N)CCN(C)C(=O)c1ccc(-n2ccnc2)c([N+](=O)[O-])c1. The van der Waals surface area contributed by atoms with E-state index in [2.05, 4.69) is 4.98 Å². The number of aromatic nitrogens is 2. The van der Waals surface area contributed by atoms with Crippen molar-refractivity contribution in [1.82, 2.24) is 14.5 Å². The van der Waals surface area contributed by atoms with E-state index in [4.69, 9.17) is 5.73 Å². The number of nitrogens with two attached hydrogens (primary N) is 1. The number of imidazole rings is 1. The molecule has 1 amide bonds. The van der Waals surface area contributed by atoms with Crippen LogP contribution >= 0.6 is 0 Å². The lowest BCUT2D eigenvalue weighted by atomic mass is 10.0. The highest BCUT2D eigenvalue weighted by molar-refractivity contribution is 5.95. The number of hydrogen-bond acceptors (Lipinski definition) is 5. The summed E-state index contributed by atoms with van der Waals surface area (Å²) >= 11 is 0. The number of amides is 1. The van der Waals surface area contributed by atoms with Crippen molar-refractivity contribution in [3.05, 3.63) is 52.6 Å². The summed E-state index contributed by atoms with van der Waals surface area (Å²) in [6.45, 7) is 4.56. The van der Waals surface area contributed by atoms with E-state index < -0.39 is 4.92 Å². The van der Waals surface area contributed by atoms with Crippen molar-refractivity contribution in [2.45, 2.75) is 26.3 Å². The van der Waals surface area contributed by atoms with E-state index in [9.17, 15) is 14.9 Å². The van der Waals surface area contributed by atoms with E-state index in [0.29, 0.717) is 24.6 Å². The van der Waals surface area contributed by atoms with Crippen LogP contribution in [0.2, 0.25) is 0 Å². The molecule has 8 heteroatoms. The number of benzene rings is 1. The Morgan fingerprint density at radius 3 is 2.72 bits per heavy atom. The highest BCUT2D eigenvalue weighted by atomic mass is 16.6. The van der Waals surface area contributed by atoms with Gasteiger partial charge in [-0.25, -0.2) is 4.98 Å². The number of nitrogens with zero attached hydrogens (tertiary/aromatic N) is 4. The van der Waals surface area contributed by atoms with Gasteiger partial charge in [-0.05, 0) is 24.5 Å². The second-order valence-corrected chi connectivity index (χ2v) is 6.35. The van der Waals surface area contributed by atoms with Crippen molar-refractivity contribution in [3.8, 4) is 5.69 Å². The van der Waals surface area contributed by atoms with Gasteiger partial charge in [0, 0.05) is 43.7 Å². The lowest BCUT2D eigenvalue weighted by Gasteiger charge is -2.21. The van der Waals surface area contributed by atoms with E-state index >= 15 is 0 Å². The quantitative estimate of drug-likeness (QED) is 0.611. The molecule has 0 fully saturated rings. The first kappa shape index (κ1) is 18.6. The molecule has 2 N–H and O–H groups in total. The number of hydrogen-bond donors (Lipinski definition) is 1. The first-order valence-corrected chi connectivity index (χ1v) is 8.09. The fraction of sp³-hybridized carbons (Fsp3) is 0.412. The van der Waals surface area contributed by atoms with Gasteiger partial charge in [0.05, 0.1) is 11.3 Å². The van der Waals surface area contributed by atoms with E-state index in [-0.39, 0.29) is 23.2 Å². The topological polar surface area (TPSA) is 107 Å². The van der Waals surface area contributed by atoms with Gasteiger partial charge < -0.3 is 15.2 Å². The Bertz CT molecular complexity index is 743. The molecule has 2 aromatic rings. The molecule has 1 aromatic carbocycles. The summed E-state index contributed by atoms with van der Waals surface area (Å²) in [5.74, 6) is 0.0651. The number of nitro groups is 1. The summed E-state index contributed by atoms with van der Waals surface area (Å²) in [7, 11) is 1.67. The van der Waals surface area contributed by atoms with Crippen LogP contribution in [0.5, 0.6) is 0 Å². The van der Waals surface area contributed by atoms with Crippen molar-refractivity contribution in [2.75, 3.05) is 13.6 Å². The third kappa shape index (κ3) is 4.42. The summed E-state index contributed by atoms with van der Waals surface area (Å²) in [6, 6.07) is 4.45. The van der Waals surface area contributed by atoms with Crippen molar-refractivity contribution in [1.29, 1.82) is 0 Å². The van der Waals surface area contributed by atoms with Crippen LogP contribution in [0.1, 0.15) is 30.6 Å². The molecule has 0 spiro atoms. The lowest BCUT2D eigenvalue weighted by Crippen LogP contribution is -2.34. The summed E-state index contributed by atoms with van der Waals surface area (Å²) in [5, 5.41) is 11.4. The molecule has 0 radical (unpaired) electrons. The standard InChI is InChI=1S/C17H23N5O3/c1-12(2)14(18)6-8-20(3)17(23)13-4-5-15(16(10-13)22(24)25)21-9-7-19-11-21/h4-5,7,9-12,14H,6,8,18H2,1-3H3. The Hall–Kier alpha value is -2.74. The summed E-state index contributed by atoms with van der Waals surface area (Å²) in [5.41, 5.74) is 6.50. The van der Waals surface area contributed by atoms with E-state index in [1.165, 1.54) is 28.1 Å². The fourth-order valence-electron chi connectivity index (χ4n) is 2.42. The molecule has 1 aromatic heterocycles. The summed E-state index contributed by atoms with van der Waals surface area (Å²) in [4.78, 5) is 28.9. The molecule has 0 saturated heterocycles. The van der Waals surface area contributed by atoms with Crippen LogP contribution < -0.4 is 5.73 Å². The monoisotopic (exact) mass is 345 g/mol. The molecule has 2 rings (SSSR count). The number of carbonyl (C=O) groups excluding carboxylic acids is 1. The molecule has 0 aliphatic rings. The molecule has 0 bridgehead atoms. The van der Waals surface area contributed by atoms with Gasteiger partial charge in [0.1, 0.15) is 5.69 Å². The minimum absolute atomic E-state index is 0.00760. The Morgan fingerprint density at radius 1 is 1.44 bits per heavy atom. The first-order valence-electron chi connectivity index (χ1n) is 8.09. The van der Waals surface area contributed by atoms with Crippen molar-refractivity contribution < 1.29 is 9.72 Å². The van der Waals surface area contributed by atoms with Crippen LogP contribution in [-0.4, -0.2) is 44.9 Å². The Balaban J connectivity index is 2.20. The van der Waals surface area contributed by atoms with E-state index in [1.54, 1.807) is 25.4 Å². The zero-order chi connectivity index (χ0) is 18.6. The van der Waals surface area contributed by atoms with E-state index in [1.807, 2.05) is 13.8 Å². The third-order valence-electron chi connectivity index (χ3n) is 4.20. The van der Waals surface area contributed by atoms with Gasteiger partial charge >= 0.3 is 0 Å². The smallest absolute Gasteiger partial charge is 0.294 e. The predicted molar refractivity (Wildman–Crippen MR) is 94.6 cm³/mol. The number of carbonyl (C=O) groups is 1. The van der Waals surface area contributed by atoms with Crippen LogP contribution in [-0.2, 0) is 0 Å². The highest BCUT2D eigenvalue weighted by Crippen LogP contribution is 2.24. The minimum atomic E-state index is -0.499. The second-order valence-electron chi connectivity index (χ2n) is 6.35. The molecule has 1 heterocycles. The zero-order valence-corrected chi connectivity index (χ0v) is 14.6. The molecule has 0 aliphatic carbocycles. The number of rotatable bonds is 7. The molecule has 1 unspecified atom stereocenters. The maximum absolute atomic E-state index is 12.5. The van der Waals surface area contributed by atoms with Gasteiger partial charge in [0.2, 0.25) is 0 Å². The highest BCUT2D eigenvalue weighted by Gasteiger charge is 2.21. The van der Waals surface area contributed by atoms with Crippen LogP contribution in [0.4, 0.5) is 5.69 Å². The molecule has 8 nitrogen and oxygen atoms in total.